The molecule has 1 amide bonds. The lowest BCUT2D eigenvalue weighted by molar-refractivity contribution is -0.133. The molecule has 7 heteroatoms. The Kier molecular flexibility index (Phi) is 6.36. The van der Waals surface area contributed by atoms with Crippen LogP contribution < -0.4 is 10.5 Å². The van der Waals surface area contributed by atoms with Gasteiger partial charge in [-0.2, -0.15) is 0 Å². The summed E-state index contributed by atoms with van der Waals surface area (Å²) in [6.45, 7) is 1.10. The van der Waals surface area contributed by atoms with Crippen molar-refractivity contribution < 1.29 is 14.6 Å². The minimum Gasteiger partial charge on any atom is -0.497 e. The number of nitrogens with zero attached hydrogens (tertiary/aromatic N) is 3. The van der Waals surface area contributed by atoms with Gasteiger partial charge in [0, 0.05) is 31.3 Å². The molecule has 1 aromatic carbocycles. The molecule has 27 heavy (non-hydrogen) atoms. The number of carbonyl (C=O) groups excluding carboxylic acids is 1. The Morgan fingerprint density at radius 1 is 1.30 bits per heavy atom. The molecule has 0 bridgehead atoms. The number of methoxy groups -OCH3 is 1. The Morgan fingerprint density at radius 3 is 2.78 bits per heavy atom. The van der Waals surface area contributed by atoms with E-state index in [0.29, 0.717) is 32.4 Å². The van der Waals surface area contributed by atoms with Crippen molar-refractivity contribution in [3.63, 3.8) is 0 Å². The van der Waals surface area contributed by atoms with Crippen LogP contribution in [-0.4, -0.2) is 45.6 Å². The van der Waals surface area contributed by atoms with Crippen LogP contribution in [-0.2, 0) is 24.3 Å². The number of benzene rings is 1. The Labute approximate surface area is 159 Å². The molecule has 144 valence electrons. The molecule has 3 rings (SSSR count). The summed E-state index contributed by atoms with van der Waals surface area (Å²) in [6, 6.07) is 7.30. The second-order valence-electron chi connectivity index (χ2n) is 6.80. The number of fused-ring (bicyclic) bond motifs is 1. The molecule has 1 aliphatic rings. The van der Waals surface area contributed by atoms with Crippen LogP contribution in [0.5, 0.6) is 5.75 Å². The number of aliphatic hydroxyl groups excluding tert-OH is 1. The topological polar surface area (TPSA) is 102 Å². The molecule has 2 aromatic rings. The molecule has 0 saturated heterocycles. The number of rotatable bonds is 8. The molecular formula is C20H26N4O3. The van der Waals surface area contributed by atoms with Crippen LogP contribution >= 0.6 is 0 Å². The number of aromatic nitrogens is 2. The lowest BCUT2D eigenvalue weighted by Crippen LogP contribution is -2.41. The van der Waals surface area contributed by atoms with Crippen LogP contribution in [0.3, 0.4) is 0 Å². The van der Waals surface area contributed by atoms with E-state index in [4.69, 9.17) is 15.6 Å². The van der Waals surface area contributed by atoms with Gasteiger partial charge in [-0.15, -0.1) is 0 Å². The van der Waals surface area contributed by atoms with Crippen LogP contribution in [0.4, 0.5) is 0 Å². The molecule has 0 aliphatic carbocycles. The SMILES string of the molecule is COc1ccc(Cc2ncc3c(n2)CN(C(=O)[C@@H](N)CCCCO)C3)cc1. The number of ether oxygens (including phenoxy) is 1. The van der Waals surface area contributed by atoms with Gasteiger partial charge in [0.05, 0.1) is 25.4 Å². The third kappa shape index (κ3) is 4.81. The van der Waals surface area contributed by atoms with E-state index < -0.39 is 6.04 Å². The van der Waals surface area contributed by atoms with Gasteiger partial charge in [0.1, 0.15) is 11.6 Å². The summed E-state index contributed by atoms with van der Waals surface area (Å²) in [6.07, 6.45) is 4.44. The maximum absolute atomic E-state index is 12.5. The number of hydrogen-bond donors (Lipinski definition) is 2. The summed E-state index contributed by atoms with van der Waals surface area (Å²) >= 11 is 0. The van der Waals surface area contributed by atoms with Gasteiger partial charge in [-0.3, -0.25) is 4.79 Å². The molecule has 0 fully saturated rings. The fourth-order valence-electron chi connectivity index (χ4n) is 3.20. The third-order valence-electron chi connectivity index (χ3n) is 4.78. The average molecular weight is 370 g/mol. The number of nitrogens with two attached hydrogens (primary N) is 1. The molecule has 0 saturated carbocycles. The zero-order valence-corrected chi connectivity index (χ0v) is 15.6. The first-order valence-electron chi connectivity index (χ1n) is 9.22. The highest BCUT2D eigenvalue weighted by atomic mass is 16.5. The predicted molar refractivity (Wildman–Crippen MR) is 101 cm³/mol. The Hall–Kier alpha value is -2.51. The maximum Gasteiger partial charge on any atom is 0.240 e. The van der Waals surface area contributed by atoms with E-state index in [2.05, 4.69) is 9.97 Å². The maximum atomic E-state index is 12.5. The molecule has 0 spiro atoms. The smallest absolute Gasteiger partial charge is 0.240 e. The number of aliphatic hydroxyl groups is 1. The quantitative estimate of drug-likeness (QED) is 0.681. The first-order chi connectivity index (χ1) is 13.1. The highest BCUT2D eigenvalue weighted by Gasteiger charge is 2.28. The van der Waals surface area contributed by atoms with Crippen LogP contribution in [0.1, 0.15) is 41.9 Å². The summed E-state index contributed by atoms with van der Waals surface area (Å²) in [7, 11) is 1.64. The first kappa shape index (κ1) is 19.3. The van der Waals surface area contributed by atoms with E-state index in [1.165, 1.54) is 0 Å². The van der Waals surface area contributed by atoms with Crippen LogP contribution in [0.2, 0.25) is 0 Å². The fourth-order valence-corrected chi connectivity index (χ4v) is 3.20. The second-order valence-corrected chi connectivity index (χ2v) is 6.80. The average Bonchev–Trinajstić information content (AvgIpc) is 3.11. The number of amides is 1. The van der Waals surface area contributed by atoms with E-state index >= 15 is 0 Å². The monoisotopic (exact) mass is 370 g/mol. The highest BCUT2D eigenvalue weighted by molar-refractivity contribution is 5.82. The van der Waals surface area contributed by atoms with Gasteiger partial charge >= 0.3 is 0 Å². The molecule has 3 N–H and O–H groups in total. The fraction of sp³-hybridized carbons (Fsp3) is 0.450. The molecule has 0 unspecified atom stereocenters. The van der Waals surface area contributed by atoms with E-state index in [-0.39, 0.29) is 12.5 Å². The standard InChI is InChI=1S/C20H26N4O3/c1-27-16-7-5-14(6-8-16)10-19-22-11-15-12-24(13-18(15)23-19)20(26)17(21)4-2-3-9-25/h5-8,11,17,25H,2-4,9-10,12-13,21H2,1H3/t17-/m0/s1. The van der Waals surface area contributed by atoms with Crippen LogP contribution in [0.15, 0.2) is 30.5 Å². The van der Waals surface area contributed by atoms with Gasteiger partial charge < -0.3 is 20.5 Å². The summed E-state index contributed by atoms with van der Waals surface area (Å²) in [4.78, 5) is 23.4. The lowest BCUT2D eigenvalue weighted by atomic mass is 10.1. The third-order valence-corrected chi connectivity index (χ3v) is 4.78. The van der Waals surface area contributed by atoms with Gasteiger partial charge in [-0.05, 0) is 37.0 Å². The lowest BCUT2D eigenvalue weighted by Gasteiger charge is -2.19. The number of unbranched alkanes of at least 4 members (excludes halogenated alkanes) is 1. The molecule has 1 aliphatic heterocycles. The normalized spacial score (nSPS) is 14.1. The minimum absolute atomic E-state index is 0.0670. The van der Waals surface area contributed by atoms with Gasteiger partial charge in [0.25, 0.3) is 0 Å². The van der Waals surface area contributed by atoms with E-state index in [0.717, 1.165) is 34.8 Å². The summed E-state index contributed by atoms with van der Waals surface area (Å²) < 4.78 is 5.17. The van der Waals surface area contributed by atoms with Crippen molar-refractivity contribution >= 4 is 5.91 Å². The van der Waals surface area contributed by atoms with Gasteiger partial charge in [-0.1, -0.05) is 12.1 Å². The van der Waals surface area contributed by atoms with Crippen LogP contribution in [0, 0.1) is 0 Å². The molecule has 2 heterocycles. The number of hydrogen-bond acceptors (Lipinski definition) is 6. The van der Waals surface area contributed by atoms with Crippen molar-refractivity contribution in [1.29, 1.82) is 0 Å². The van der Waals surface area contributed by atoms with Crippen molar-refractivity contribution in [3.05, 3.63) is 53.1 Å². The highest BCUT2D eigenvalue weighted by Crippen LogP contribution is 2.22. The van der Waals surface area contributed by atoms with E-state index in [1.807, 2.05) is 30.5 Å². The van der Waals surface area contributed by atoms with Crippen LogP contribution in [0.25, 0.3) is 0 Å². The number of carbonyl (C=O) groups is 1. The van der Waals surface area contributed by atoms with Gasteiger partial charge in [0.15, 0.2) is 0 Å². The zero-order chi connectivity index (χ0) is 19.2. The molecule has 1 aromatic heterocycles. The molecule has 1 atom stereocenters. The van der Waals surface area contributed by atoms with Crippen molar-refractivity contribution in [2.24, 2.45) is 5.73 Å². The summed E-state index contributed by atoms with van der Waals surface area (Å²) in [5.74, 6) is 1.49. The van der Waals surface area contributed by atoms with Crippen molar-refractivity contribution in [1.82, 2.24) is 14.9 Å². The van der Waals surface area contributed by atoms with Crippen molar-refractivity contribution in [2.75, 3.05) is 13.7 Å². The molecular weight excluding hydrogens is 344 g/mol. The predicted octanol–water partition coefficient (Wildman–Crippen LogP) is 1.41. The minimum atomic E-state index is -0.530. The van der Waals surface area contributed by atoms with Crippen molar-refractivity contribution in [2.45, 2.75) is 44.8 Å². The Bertz CT molecular complexity index is 779. The largest absolute Gasteiger partial charge is 0.497 e. The van der Waals surface area contributed by atoms with E-state index in [9.17, 15) is 4.79 Å². The Balaban J connectivity index is 1.61. The Morgan fingerprint density at radius 2 is 2.07 bits per heavy atom. The summed E-state index contributed by atoms with van der Waals surface area (Å²) in [5, 5.41) is 8.85. The zero-order valence-electron chi connectivity index (χ0n) is 15.6. The van der Waals surface area contributed by atoms with E-state index in [1.54, 1.807) is 12.0 Å². The van der Waals surface area contributed by atoms with Gasteiger partial charge in [0.2, 0.25) is 5.91 Å². The van der Waals surface area contributed by atoms with Crippen molar-refractivity contribution in [3.8, 4) is 5.75 Å². The van der Waals surface area contributed by atoms with Gasteiger partial charge in [-0.25, -0.2) is 9.97 Å². The second kappa shape index (κ2) is 8.92. The first-order valence-corrected chi connectivity index (χ1v) is 9.22. The molecule has 0 radical (unpaired) electrons. The molecule has 7 nitrogen and oxygen atoms in total. The summed E-state index contributed by atoms with van der Waals surface area (Å²) in [5.41, 5.74) is 8.98.